The van der Waals surface area contributed by atoms with E-state index in [2.05, 4.69) is 39.2 Å². The SMILES string of the molecule is Cc1noc(C)c1COc1ccc(CN2CCC(N3CCCC3)CC2)cc1. The lowest BCUT2D eigenvalue weighted by Crippen LogP contribution is -2.43. The van der Waals surface area contributed by atoms with E-state index >= 15 is 0 Å². The highest BCUT2D eigenvalue weighted by molar-refractivity contribution is 5.28. The largest absolute Gasteiger partial charge is 0.489 e. The van der Waals surface area contributed by atoms with E-state index in [1.807, 2.05) is 13.8 Å². The Morgan fingerprint density at radius 3 is 2.37 bits per heavy atom. The van der Waals surface area contributed by atoms with E-state index < -0.39 is 0 Å². The molecule has 0 saturated carbocycles. The molecule has 1 aromatic heterocycles. The number of hydrogen-bond donors (Lipinski definition) is 0. The molecule has 27 heavy (non-hydrogen) atoms. The van der Waals surface area contributed by atoms with Crippen LogP contribution in [0.4, 0.5) is 0 Å². The fraction of sp³-hybridized carbons (Fsp3) is 0.591. The van der Waals surface area contributed by atoms with Crippen molar-refractivity contribution in [3.8, 4) is 5.75 Å². The van der Waals surface area contributed by atoms with Gasteiger partial charge in [0.1, 0.15) is 18.1 Å². The van der Waals surface area contributed by atoms with E-state index in [0.29, 0.717) is 6.61 Å². The number of piperidine rings is 1. The standard InChI is InChI=1S/C22H31N3O2/c1-17-22(18(2)27-23-17)16-26-21-7-5-19(6-8-21)15-24-13-9-20(10-14-24)25-11-3-4-12-25/h5-8,20H,3-4,9-16H2,1-2H3. The van der Waals surface area contributed by atoms with Gasteiger partial charge in [-0.2, -0.15) is 0 Å². The molecule has 5 nitrogen and oxygen atoms in total. The van der Waals surface area contributed by atoms with Crippen molar-refractivity contribution in [3.05, 3.63) is 46.8 Å². The molecular weight excluding hydrogens is 338 g/mol. The van der Waals surface area contributed by atoms with E-state index in [1.54, 1.807) is 0 Å². The van der Waals surface area contributed by atoms with Crippen molar-refractivity contribution in [2.24, 2.45) is 0 Å². The van der Waals surface area contributed by atoms with Gasteiger partial charge in [-0.15, -0.1) is 0 Å². The molecule has 0 bridgehead atoms. The number of nitrogens with zero attached hydrogens (tertiary/aromatic N) is 3. The van der Waals surface area contributed by atoms with E-state index in [-0.39, 0.29) is 0 Å². The average Bonchev–Trinajstić information content (AvgIpc) is 3.33. The summed E-state index contributed by atoms with van der Waals surface area (Å²) in [5, 5.41) is 3.97. The van der Waals surface area contributed by atoms with Gasteiger partial charge >= 0.3 is 0 Å². The van der Waals surface area contributed by atoms with Crippen LogP contribution in [0.25, 0.3) is 0 Å². The molecule has 0 aliphatic carbocycles. The van der Waals surface area contributed by atoms with Crippen molar-refractivity contribution < 1.29 is 9.26 Å². The zero-order valence-corrected chi connectivity index (χ0v) is 16.6. The van der Waals surface area contributed by atoms with Crippen LogP contribution in [0.5, 0.6) is 5.75 Å². The summed E-state index contributed by atoms with van der Waals surface area (Å²) in [6.45, 7) is 10.5. The van der Waals surface area contributed by atoms with Crippen LogP contribution in [0.15, 0.2) is 28.8 Å². The second kappa shape index (κ2) is 8.44. The highest BCUT2D eigenvalue weighted by Gasteiger charge is 2.26. The minimum atomic E-state index is 0.504. The lowest BCUT2D eigenvalue weighted by Gasteiger charge is -2.36. The van der Waals surface area contributed by atoms with Gasteiger partial charge in [0, 0.05) is 12.6 Å². The quantitative estimate of drug-likeness (QED) is 0.772. The molecule has 2 fully saturated rings. The van der Waals surface area contributed by atoms with Gasteiger partial charge in [-0.3, -0.25) is 4.90 Å². The highest BCUT2D eigenvalue weighted by Crippen LogP contribution is 2.23. The van der Waals surface area contributed by atoms with Crippen LogP contribution in [0.1, 0.15) is 48.3 Å². The fourth-order valence-corrected chi connectivity index (χ4v) is 4.36. The molecule has 0 N–H and O–H groups in total. The fourth-order valence-electron chi connectivity index (χ4n) is 4.36. The van der Waals surface area contributed by atoms with Crippen LogP contribution in [0.3, 0.4) is 0 Å². The second-order valence-corrected chi connectivity index (χ2v) is 7.99. The summed E-state index contributed by atoms with van der Waals surface area (Å²) in [7, 11) is 0. The van der Waals surface area contributed by atoms with Crippen LogP contribution in [0.2, 0.25) is 0 Å². The Hall–Kier alpha value is -1.85. The van der Waals surface area contributed by atoms with Crippen LogP contribution in [0, 0.1) is 13.8 Å². The van der Waals surface area contributed by atoms with Crippen LogP contribution < -0.4 is 4.74 Å². The first-order valence-electron chi connectivity index (χ1n) is 10.3. The zero-order valence-electron chi connectivity index (χ0n) is 16.6. The van der Waals surface area contributed by atoms with Gasteiger partial charge in [0.25, 0.3) is 0 Å². The maximum absolute atomic E-state index is 5.91. The maximum atomic E-state index is 5.91. The van der Waals surface area contributed by atoms with Crippen LogP contribution >= 0.6 is 0 Å². The van der Waals surface area contributed by atoms with Crippen molar-refractivity contribution in [1.29, 1.82) is 0 Å². The van der Waals surface area contributed by atoms with Crippen LogP contribution in [-0.2, 0) is 13.2 Å². The van der Waals surface area contributed by atoms with Gasteiger partial charge in [0.05, 0.1) is 11.3 Å². The van der Waals surface area contributed by atoms with E-state index in [9.17, 15) is 0 Å². The van der Waals surface area contributed by atoms with Gasteiger partial charge in [0.2, 0.25) is 0 Å². The number of rotatable bonds is 6. The lowest BCUT2D eigenvalue weighted by atomic mass is 10.0. The molecule has 0 amide bonds. The van der Waals surface area contributed by atoms with E-state index in [0.717, 1.165) is 35.4 Å². The maximum Gasteiger partial charge on any atom is 0.140 e. The van der Waals surface area contributed by atoms with Gasteiger partial charge < -0.3 is 14.2 Å². The molecular formula is C22H31N3O2. The number of likely N-dealkylation sites (tertiary alicyclic amines) is 2. The Morgan fingerprint density at radius 1 is 1.04 bits per heavy atom. The molecule has 3 heterocycles. The molecule has 2 aliphatic heterocycles. The number of aromatic nitrogens is 1. The highest BCUT2D eigenvalue weighted by atomic mass is 16.5. The molecule has 146 valence electrons. The van der Waals surface area contributed by atoms with Crippen molar-refractivity contribution in [1.82, 2.24) is 15.0 Å². The molecule has 0 spiro atoms. The number of hydrogen-bond acceptors (Lipinski definition) is 5. The first-order chi connectivity index (χ1) is 13.2. The first-order valence-corrected chi connectivity index (χ1v) is 10.3. The average molecular weight is 370 g/mol. The summed E-state index contributed by atoms with van der Waals surface area (Å²) in [6, 6.07) is 9.35. The van der Waals surface area contributed by atoms with Gasteiger partial charge in [0.15, 0.2) is 0 Å². The molecule has 2 saturated heterocycles. The summed E-state index contributed by atoms with van der Waals surface area (Å²) in [6.07, 6.45) is 5.42. The van der Waals surface area contributed by atoms with Crippen molar-refractivity contribution in [2.45, 2.75) is 58.7 Å². The summed E-state index contributed by atoms with van der Waals surface area (Å²) in [5.74, 6) is 1.73. The molecule has 0 unspecified atom stereocenters. The third-order valence-corrected chi connectivity index (χ3v) is 6.11. The van der Waals surface area contributed by atoms with Crippen molar-refractivity contribution >= 4 is 0 Å². The number of aryl methyl sites for hydroxylation is 2. The minimum Gasteiger partial charge on any atom is -0.489 e. The smallest absolute Gasteiger partial charge is 0.140 e. The van der Waals surface area contributed by atoms with Gasteiger partial charge in [-0.25, -0.2) is 0 Å². The molecule has 0 atom stereocenters. The summed E-state index contributed by atoms with van der Waals surface area (Å²) in [5.41, 5.74) is 3.31. The Kier molecular flexibility index (Phi) is 5.79. The van der Waals surface area contributed by atoms with Gasteiger partial charge in [-0.1, -0.05) is 17.3 Å². The lowest BCUT2D eigenvalue weighted by molar-refractivity contribution is 0.122. The van der Waals surface area contributed by atoms with E-state index in [4.69, 9.17) is 9.26 Å². The third kappa shape index (κ3) is 4.53. The third-order valence-electron chi connectivity index (χ3n) is 6.11. The predicted molar refractivity (Wildman–Crippen MR) is 106 cm³/mol. The van der Waals surface area contributed by atoms with Gasteiger partial charge in [-0.05, 0) is 83.4 Å². The molecule has 2 aliphatic rings. The normalized spacial score (nSPS) is 19.6. The molecule has 0 radical (unpaired) electrons. The predicted octanol–water partition coefficient (Wildman–Crippen LogP) is 3.93. The second-order valence-electron chi connectivity index (χ2n) is 7.99. The number of ether oxygens (including phenoxy) is 1. The monoisotopic (exact) mass is 369 g/mol. The molecule has 5 heteroatoms. The Balaban J connectivity index is 1.24. The molecule has 4 rings (SSSR count). The van der Waals surface area contributed by atoms with Crippen molar-refractivity contribution in [3.63, 3.8) is 0 Å². The Bertz CT molecular complexity index is 707. The number of benzene rings is 1. The van der Waals surface area contributed by atoms with Crippen molar-refractivity contribution in [2.75, 3.05) is 26.2 Å². The summed E-state index contributed by atoms with van der Waals surface area (Å²) in [4.78, 5) is 5.30. The molecule has 2 aromatic rings. The van der Waals surface area contributed by atoms with Crippen LogP contribution in [-0.4, -0.2) is 47.2 Å². The van der Waals surface area contributed by atoms with E-state index in [1.165, 1.54) is 57.4 Å². The minimum absolute atomic E-state index is 0.504. The molecule has 1 aromatic carbocycles. The first kappa shape index (κ1) is 18.5. The summed E-state index contributed by atoms with van der Waals surface area (Å²) < 4.78 is 11.1. The Morgan fingerprint density at radius 2 is 1.74 bits per heavy atom. The topological polar surface area (TPSA) is 41.7 Å². The summed E-state index contributed by atoms with van der Waals surface area (Å²) >= 11 is 0. The zero-order chi connectivity index (χ0) is 18.6. The Labute approximate surface area is 162 Å².